The van der Waals surface area contributed by atoms with E-state index in [0.29, 0.717) is 19.0 Å². The highest BCUT2D eigenvalue weighted by atomic mass is 31.2. The molecule has 0 aromatic rings. The number of phosphoric ester groups is 1. The van der Waals surface area contributed by atoms with E-state index >= 15 is 0 Å². The topological polar surface area (TPSA) is 133 Å². The second-order valence-electron chi connectivity index (χ2n) is 6.23. The molecule has 2 unspecified atom stereocenters. The van der Waals surface area contributed by atoms with Gasteiger partial charge in [0.05, 0.1) is 32.7 Å². The minimum Gasteiger partial charge on any atom is -0.545 e. The first-order chi connectivity index (χ1) is 12.4. The van der Waals surface area contributed by atoms with E-state index in [1.165, 1.54) is 0 Å². The third-order valence-electron chi connectivity index (χ3n) is 4.37. The van der Waals surface area contributed by atoms with Crippen LogP contribution in [-0.2, 0) is 23.2 Å². The van der Waals surface area contributed by atoms with Gasteiger partial charge in [-0.15, -0.1) is 0 Å². The van der Waals surface area contributed by atoms with Crippen molar-refractivity contribution in [1.29, 1.82) is 0 Å². The second-order valence-corrected chi connectivity index (χ2v) is 7.68. The maximum absolute atomic E-state index is 11.2. The summed E-state index contributed by atoms with van der Waals surface area (Å²) in [6.07, 6.45) is 1.22. The van der Waals surface area contributed by atoms with Crippen LogP contribution in [0.25, 0.3) is 0 Å². The number of quaternary nitrogens is 1. The van der Waals surface area contributed by atoms with Crippen LogP contribution in [0.5, 0.6) is 0 Å². The van der Waals surface area contributed by atoms with Gasteiger partial charge in [-0.1, -0.05) is 13.8 Å². The zero-order chi connectivity index (χ0) is 21.7. The van der Waals surface area contributed by atoms with Gasteiger partial charge in [-0.05, 0) is 39.2 Å². The van der Waals surface area contributed by atoms with E-state index in [9.17, 15) is 19.3 Å². The zero-order valence-corrected chi connectivity index (χ0v) is 18.0. The van der Waals surface area contributed by atoms with Crippen molar-refractivity contribution in [3.8, 4) is 0 Å². The molecule has 0 aliphatic rings. The highest BCUT2D eigenvalue weighted by Crippen LogP contribution is 2.42. The predicted molar refractivity (Wildman–Crippen MR) is 99.7 cm³/mol. The third-order valence-corrected chi connectivity index (χ3v) is 5.46. The van der Waals surface area contributed by atoms with Gasteiger partial charge in [0, 0.05) is 5.57 Å². The van der Waals surface area contributed by atoms with Crippen molar-refractivity contribution >= 4 is 19.8 Å². The molecular weight excluding hydrogens is 377 g/mol. The molecule has 0 aliphatic heterocycles. The number of carbonyl (C=O) groups excluding carboxylic acids is 1. The van der Waals surface area contributed by atoms with E-state index in [-0.39, 0.29) is 24.7 Å². The molecule has 0 radical (unpaired) electrons. The number of aliphatic carboxylic acids is 2. The molecule has 0 saturated heterocycles. The molecule has 0 aliphatic carbocycles. The Morgan fingerprint density at radius 2 is 1.70 bits per heavy atom. The number of rotatable bonds is 12. The molecular formula is C17H34NO8P. The van der Waals surface area contributed by atoms with Gasteiger partial charge in [-0.3, -0.25) is 9.05 Å². The van der Waals surface area contributed by atoms with Crippen LogP contribution in [0.2, 0.25) is 0 Å². The lowest BCUT2D eigenvalue weighted by Gasteiger charge is -2.31. The first-order valence-electron chi connectivity index (χ1n) is 8.99. The minimum atomic E-state index is -3.81. The summed E-state index contributed by atoms with van der Waals surface area (Å²) < 4.78 is 21.4. The fourth-order valence-electron chi connectivity index (χ4n) is 1.88. The molecule has 2 atom stereocenters. The second kappa shape index (κ2) is 13.8. The Hall–Kier alpha value is -1.25. The molecule has 0 saturated carbocycles. The smallest absolute Gasteiger partial charge is 0.472 e. The average molecular weight is 411 g/mol. The maximum Gasteiger partial charge on any atom is 0.472 e. The summed E-state index contributed by atoms with van der Waals surface area (Å²) in [4.78, 5) is 29.7. The fourth-order valence-corrected chi connectivity index (χ4v) is 2.59. The van der Waals surface area contributed by atoms with Crippen molar-refractivity contribution in [3.05, 3.63) is 11.6 Å². The Balaban J connectivity index is 0. The van der Waals surface area contributed by atoms with Gasteiger partial charge < -0.3 is 24.4 Å². The number of hydrogen-bond donors (Lipinski definition) is 2. The van der Waals surface area contributed by atoms with Gasteiger partial charge in [-0.2, -0.15) is 0 Å². The molecule has 0 aromatic heterocycles. The summed E-state index contributed by atoms with van der Waals surface area (Å²) >= 11 is 0. The lowest BCUT2D eigenvalue weighted by molar-refractivity contribution is -0.906. The van der Waals surface area contributed by atoms with Gasteiger partial charge in [0.25, 0.3) is 0 Å². The van der Waals surface area contributed by atoms with Crippen LogP contribution >= 0.6 is 7.82 Å². The van der Waals surface area contributed by atoms with Gasteiger partial charge in [-0.25, -0.2) is 9.36 Å². The van der Waals surface area contributed by atoms with Crippen LogP contribution in [0.3, 0.4) is 0 Å². The number of likely N-dealkylation sites (N-methyl/N-ethyl adjacent to an activating group) is 1. The van der Waals surface area contributed by atoms with Gasteiger partial charge in [0.2, 0.25) is 0 Å². The Morgan fingerprint density at radius 3 is 2.04 bits per heavy atom. The van der Waals surface area contributed by atoms with E-state index < -0.39 is 19.8 Å². The monoisotopic (exact) mass is 411 g/mol. The highest BCUT2D eigenvalue weighted by molar-refractivity contribution is 7.47. The normalized spacial score (nSPS) is 15.3. The number of phosphoric acid groups is 1. The Bertz CT molecular complexity index is 531. The molecule has 27 heavy (non-hydrogen) atoms. The number of carboxylic acids is 2. The summed E-state index contributed by atoms with van der Waals surface area (Å²) in [7, 11) is -1.72. The molecule has 0 spiro atoms. The number of hydrogen-bond acceptors (Lipinski definition) is 6. The first kappa shape index (κ1) is 28.0. The van der Waals surface area contributed by atoms with Gasteiger partial charge >= 0.3 is 13.8 Å². The zero-order valence-electron chi connectivity index (χ0n) is 17.1. The largest absolute Gasteiger partial charge is 0.545 e. The van der Waals surface area contributed by atoms with E-state index in [0.717, 1.165) is 17.6 Å². The minimum absolute atomic E-state index is 0.113. The number of nitrogens with zero attached hydrogens (tertiary/aromatic N) is 1. The molecule has 0 fully saturated rings. The first-order valence-corrected chi connectivity index (χ1v) is 10.5. The van der Waals surface area contributed by atoms with Crippen molar-refractivity contribution in [2.24, 2.45) is 5.92 Å². The molecule has 9 nitrogen and oxygen atoms in total. The SMILES string of the molecule is CCC(C)/C(=C\C(=O)[O-])C(=O)O.CCOP(=O)(O)OCC[N+](C)(CC)CC. The van der Waals surface area contributed by atoms with Crippen molar-refractivity contribution in [2.45, 2.75) is 41.0 Å². The molecule has 0 aromatic carbocycles. The van der Waals surface area contributed by atoms with Crippen LogP contribution in [0.1, 0.15) is 41.0 Å². The molecule has 0 bridgehead atoms. The molecule has 0 heterocycles. The number of carboxylic acid groups (broad SMARTS) is 2. The standard InChI is InChI=1S/C9H22NO4P.C8H12O4/c1-5-10(4,6-2)8-9-14-15(11,12)13-7-3;1-3-5(2)6(8(11)12)4-7(9)10/h5-9H2,1-4H3;4-5H,3H2,1-2H3,(H,9,10)(H,11,12)/b;6-4+. The van der Waals surface area contributed by atoms with Crippen LogP contribution in [0, 0.1) is 5.92 Å². The maximum atomic E-state index is 11.2. The van der Waals surface area contributed by atoms with Gasteiger partial charge in [0.1, 0.15) is 13.2 Å². The third kappa shape index (κ3) is 13.5. The van der Waals surface area contributed by atoms with Crippen LogP contribution in [-0.4, -0.2) is 66.3 Å². The van der Waals surface area contributed by atoms with Crippen molar-refractivity contribution in [2.75, 3.05) is 39.9 Å². The highest BCUT2D eigenvalue weighted by Gasteiger charge is 2.23. The Morgan fingerprint density at radius 1 is 1.19 bits per heavy atom. The quantitative estimate of drug-likeness (QED) is 0.280. The van der Waals surface area contributed by atoms with Crippen LogP contribution in [0.4, 0.5) is 0 Å². The van der Waals surface area contributed by atoms with Crippen molar-refractivity contribution in [1.82, 2.24) is 0 Å². The molecule has 0 rings (SSSR count). The number of carbonyl (C=O) groups is 2. The Labute approximate surface area is 161 Å². The predicted octanol–water partition coefficient (Wildman–Crippen LogP) is 1.42. The molecule has 10 heteroatoms. The van der Waals surface area contributed by atoms with E-state index in [1.807, 2.05) is 0 Å². The van der Waals surface area contributed by atoms with Crippen LogP contribution < -0.4 is 5.11 Å². The van der Waals surface area contributed by atoms with Crippen LogP contribution in [0.15, 0.2) is 11.6 Å². The van der Waals surface area contributed by atoms with Crippen molar-refractivity contribution in [3.63, 3.8) is 0 Å². The van der Waals surface area contributed by atoms with Gasteiger partial charge in [0.15, 0.2) is 0 Å². The molecule has 0 amide bonds. The van der Waals surface area contributed by atoms with E-state index in [4.69, 9.17) is 14.5 Å². The Kier molecular flexibility index (Phi) is 14.3. The lowest BCUT2D eigenvalue weighted by Crippen LogP contribution is -2.45. The van der Waals surface area contributed by atoms with Crippen molar-refractivity contribution < 1.29 is 42.8 Å². The lowest BCUT2D eigenvalue weighted by atomic mass is 9.98. The summed E-state index contributed by atoms with van der Waals surface area (Å²) in [6, 6.07) is 0. The fraction of sp³-hybridized carbons (Fsp3) is 0.765. The molecule has 2 N–H and O–H groups in total. The average Bonchev–Trinajstić information content (AvgIpc) is 2.58. The van der Waals surface area contributed by atoms with E-state index in [2.05, 4.69) is 25.4 Å². The summed E-state index contributed by atoms with van der Waals surface area (Å²) in [6.45, 7) is 12.4. The molecule has 160 valence electrons. The summed E-state index contributed by atoms with van der Waals surface area (Å²) in [5.74, 6) is -2.93. The summed E-state index contributed by atoms with van der Waals surface area (Å²) in [5, 5.41) is 18.6. The van der Waals surface area contributed by atoms with E-state index in [1.54, 1.807) is 20.8 Å². The summed E-state index contributed by atoms with van der Waals surface area (Å²) in [5.41, 5.74) is -0.113.